The molecule has 19 heavy (non-hydrogen) atoms. The van der Waals surface area contributed by atoms with Gasteiger partial charge >= 0.3 is 5.97 Å². The number of oxime groups is 1. The normalized spacial score (nSPS) is 10.8. The maximum atomic E-state index is 11.6. The molecule has 0 atom stereocenters. The van der Waals surface area contributed by atoms with Gasteiger partial charge in [-0.2, -0.15) is 0 Å². The van der Waals surface area contributed by atoms with Gasteiger partial charge in [0.2, 0.25) is 5.17 Å². The summed E-state index contributed by atoms with van der Waals surface area (Å²) in [6, 6.07) is 6.23. The molecule has 0 fully saturated rings. The van der Waals surface area contributed by atoms with Crippen molar-refractivity contribution in [2.45, 2.75) is 0 Å². The van der Waals surface area contributed by atoms with E-state index in [-0.39, 0.29) is 5.56 Å². The lowest BCUT2D eigenvalue weighted by Gasteiger charge is -2.07. The molecule has 0 saturated carbocycles. The van der Waals surface area contributed by atoms with E-state index >= 15 is 0 Å². The molecule has 0 bridgehead atoms. The highest BCUT2D eigenvalue weighted by Gasteiger charge is 2.13. The number of carbonyl (C=O) groups is 2. The number of amides is 1. The van der Waals surface area contributed by atoms with Crippen LogP contribution in [0.1, 0.15) is 10.4 Å². The van der Waals surface area contributed by atoms with Gasteiger partial charge in [0.25, 0.3) is 5.91 Å². The predicted octanol–water partition coefficient (Wildman–Crippen LogP) is 1.49. The van der Waals surface area contributed by atoms with Crippen LogP contribution >= 0.6 is 11.6 Å². The fraction of sp³-hybridized carbons (Fsp3) is 0.250. The van der Waals surface area contributed by atoms with Crippen molar-refractivity contribution in [3.05, 3.63) is 29.8 Å². The maximum absolute atomic E-state index is 11.6. The standard InChI is InChI=1S/C12H13ClN2O4/c1-15(2)11(16)10(13)14-19-12(17)8-4-6-9(18-3)7-5-8/h4-7H,1-3H3/b14-10-. The lowest BCUT2D eigenvalue weighted by Crippen LogP contribution is -2.27. The third-order valence-corrected chi connectivity index (χ3v) is 2.35. The van der Waals surface area contributed by atoms with E-state index in [1.807, 2.05) is 0 Å². The summed E-state index contributed by atoms with van der Waals surface area (Å²) >= 11 is 5.57. The highest BCUT2D eigenvalue weighted by atomic mass is 35.5. The average molecular weight is 285 g/mol. The van der Waals surface area contributed by atoms with Crippen molar-refractivity contribution in [2.75, 3.05) is 21.2 Å². The van der Waals surface area contributed by atoms with Crippen LogP contribution in [0.5, 0.6) is 5.75 Å². The minimum atomic E-state index is -0.715. The molecule has 102 valence electrons. The van der Waals surface area contributed by atoms with E-state index in [0.717, 1.165) is 0 Å². The SMILES string of the molecule is COc1ccc(C(=O)O/N=C(\Cl)C(=O)N(C)C)cc1. The Kier molecular flexibility index (Phi) is 5.32. The minimum absolute atomic E-state index is 0.270. The zero-order valence-corrected chi connectivity index (χ0v) is 11.5. The van der Waals surface area contributed by atoms with Crippen molar-refractivity contribution >= 4 is 28.6 Å². The molecular weight excluding hydrogens is 272 g/mol. The molecule has 1 rings (SSSR count). The second-order valence-electron chi connectivity index (χ2n) is 3.69. The summed E-state index contributed by atoms with van der Waals surface area (Å²) in [5.74, 6) is -0.655. The van der Waals surface area contributed by atoms with Crippen LogP contribution < -0.4 is 4.74 Å². The Hall–Kier alpha value is -2.08. The molecule has 1 aromatic rings. The molecule has 0 aliphatic heterocycles. The van der Waals surface area contributed by atoms with Gasteiger partial charge in [-0.15, -0.1) is 0 Å². The van der Waals surface area contributed by atoms with Gasteiger partial charge in [-0.3, -0.25) is 4.79 Å². The summed E-state index contributed by atoms with van der Waals surface area (Å²) in [6.45, 7) is 0. The van der Waals surface area contributed by atoms with Crippen molar-refractivity contribution < 1.29 is 19.2 Å². The van der Waals surface area contributed by atoms with Gasteiger partial charge in [0.1, 0.15) is 5.75 Å². The van der Waals surface area contributed by atoms with Gasteiger partial charge in [0.05, 0.1) is 12.7 Å². The van der Waals surface area contributed by atoms with Crippen molar-refractivity contribution in [3.63, 3.8) is 0 Å². The zero-order chi connectivity index (χ0) is 14.4. The van der Waals surface area contributed by atoms with Crippen molar-refractivity contribution in [1.29, 1.82) is 0 Å². The van der Waals surface area contributed by atoms with E-state index in [9.17, 15) is 9.59 Å². The Labute approximate surface area is 115 Å². The molecule has 0 radical (unpaired) electrons. The fourth-order valence-corrected chi connectivity index (χ4v) is 1.29. The second kappa shape index (κ2) is 6.75. The largest absolute Gasteiger partial charge is 0.497 e. The first kappa shape index (κ1) is 15.0. The smallest absolute Gasteiger partial charge is 0.365 e. The molecule has 0 heterocycles. The van der Waals surface area contributed by atoms with Gasteiger partial charge in [0.15, 0.2) is 0 Å². The van der Waals surface area contributed by atoms with Gasteiger partial charge in [-0.1, -0.05) is 16.8 Å². The Bertz CT molecular complexity index is 497. The molecule has 0 aromatic heterocycles. The number of halogens is 1. The van der Waals surface area contributed by atoms with Crippen LogP contribution in [0.3, 0.4) is 0 Å². The van der Waals surface area contributed by atoms with Crippen molar-refractivity contribution in [3.8, 4) is 5.75 Å². The van der Waals surface area contributed by atoms with E-state index in [4.69, 9.17) is 16.3 Å². The lowest BCUT2D eigenvalue weighted by molar-refractivity contribution is -0.121. The number of ether oxygens (including phenoxy) is 1. The Morgan fingerprint density at radius 1 is 1.21 bits per heavy atom. The van der Waals surface area contributed by atoms with Crippen LogP contribution in [0.15, 0.2) is 29.4 Å². The van der Waals surface area contributed by atoms with E-state index in [1.165, 1.54) is 38.2 Å². The van der Waals surface area contributed by atoms with Crippen molar-refractivity contribution in [1.82, 2.24) is 4.90 Å². The maximum Gasteiger partial charge on any atom is 0.365 e. The summed E-state index contributed by atoms with van der Waals surface area (Å²) in [6.07, 6.45) is 0. The van der Waals surface area contributed by atoms with Crippen LogP contribution in [0.25, 0.3) is 0 Å². The molecule has 6 nitrogen and oxygen atoms in total. The highest BCUT2D eigenvalue weighted by molar-refractivity contribution is 6.82. The molecule has 1 amide bonds. The third-order valence-electron chi connectivity index (χ3n) is 2.12. The quantitative estimate of drug-likeness (QED) is 0.477. The summed E-state index contributed by atoms with van der Waals surface area (Å²) in [5.41, 5.74) is 0.270. The molecule has 0 N–H and O–H groups in total. The van der Waals surface area contributed by atoms with Crippen LogP contribution in [-0.4, -0.2) is 43.2 Å². The summed E-state index contributed by atoms with van der Waals surface area (Å²) < 4.78 is 4.95. The van der Waals surface area contributed by atoms with Crippen LogP contribution in [-0.2, 0) is 9.63 Å². The Balaban J connectivity index is 2.69. The molecule has 0 aliphatic carbocycles. The number of benzene rings is 1. The molecule has 0 spiro atoms. The van der Waals surface area contributed by atoms with E-state index in [0.29, 0.717) is 5.75 Å². The number of nitrogens with zero attached hydrogens (tertiary/aromatic N) is 2. The number of rotatable bonds is 4. The van der Waals surface area contributed by atoms with Gasteiger partial charge in [0, 0.05) is 14.1 Å². The van der Waals surface area contributed by atoms with Gasteiger partial charge in [-0.05, 0) is 24.3 Å². The highest BCUT2D eigenvalue weighted by Crippen LogP contribution is 2.12. The van der Waals surface area contributed by atoms with Gasteiger partial charge < -0.3 is 14.5 Å². The Morgan fingerprint density at radius 3 is 2.26 bits per heavy atom. The monoisotopic (exact) mass is 284 g/mol. The number of hydrogen-bond donors (Lipinski definition) is 0. The third kappa shape index (κ3) is 4.26. The van der Waals surface area contributed by atoms with E-state index < -0.39 is 17.0 Å². The van der Waals surface area contributed by atoms with Crippen molar-refractivity contribution in [2.24, 2.45) is 5.16 Å². The van der Waals surface area contributed by atoms with E-state index in [2.05, 4.69) is 9.99 Å². The molecule has 0 aliphatic rings. The fourth-order valence-electron chi connectivity index (χ4n) is 1.08. The minimum Gasteiger partial charge on any atom is -0.497 e. The molecule has 7 heteroatoms. The van der Waals surface area contributed by atoms with E-state index in [1.54, 1.807) is 12.1 Å². The lowest BCUT2D eigenvalue weighted by atomic mass is 10.2. The first-order valence-electron chi connectivity index (χ1n) is 5.26. The second-order valence-corrected chi connectivity index (χ2v) is 4.05. The zero-order valence-electron chi connectivity index (χ0n) is 10.7. The summed E-state index contributed by atoms with van der Waals surface area (Å²) in [5, 5.41) is 2.85. The molecular formula is C12H13ClN2O4. The van der Waals surface area contributed by atoms with Crippen LogP contribution in [0.2, 0.25) is 0 Å². The average Bonchev–Trinajstić information content (AvgIpc) is 2.43. The first-order chi connectivity index (χ1) is 8.95. The molecule has 0 unspecified atom stereocenters. The summed E-state index contributed by atoms with van der Waals surface area (Å²) in [4.78, 5) is 28.7. The first-order valence-corrected chi connectivity index (χ1v) is 5.64. The topological polar surface area (TPSA) is 68.2 Å². The molecule has 1 aromatic carbocycles. The molecule has 0 saturated heterocycles. The number of hydrogen-bond acceptors (Lipinski definition) is 5. The van der Waals surface area contributed by atoms with Crippen LogP contribution in [0.4, 0.5) is 0 Å². The van der Waals surface area contributed by atoms with Gasteiger partial charge in [-0.25, -0.2) is 4.79 Å². The number of methoxy groups -OCH3 is 1. The number of carbonyl (C=O) groups excluding carboxylic acids is 2. The predicted molar refractivity (Wildman–Crippen MR) is 70.4 cm³/mol. The summed E-state index contributed by atoms with van der Waals surface area (Å²) in [7, 11) is 4.53. The van der Waals surface area contributed by atoms with Crippen LogP contribution in [0, 0.1) is 0 Å². The Morgan fingerprint density at radius 2 is 1.79 bits per heavy atom.